The molecule has 0 unspecified atom stereocenters. The first-order valence-electron chi connectivity index (χ1n) is 15.4. The topological polar surface area (TPSA) is 168 Å². The quantitative estimate of drug-likeness (QED) is 0.339. The number of Topliss-reactive ketones (excluding diaryl/α,β-unsaturated/α-hetero) is 2. The molecule has 41 heavy (non-hydrogen) atoms. The second-order valence-corrected chi connectivity index (χ2v) is 13.4. The molecule has 6 atom stereocenters. The third kappa shape index (κ3) is 6.92. The Morgan fingerprint density at radius 1 is 0.951 bits per heavy atom. The molecular formula is C30H47N5O6. The van der Waals surface area contributed by atoms with Crippen molar-refractivity contribution in [2.75, 3.05) is 6.54 Å². The lowest BCUT2D eigenvalue weighted by Crippen LogP contribution is -2.59. The number of piperidine rings is 1. The van der Waals surface area contributed by atoms with Gasteiger partial charge in [0.1, 0.15) is 12.1 Å². The molecule has 0 aromatic carbocycles. The summed E-state index contributed by atoms with van der Waals surface area (Å²) < 4.78 is 0. The Bertz CT molecular complexity index is 1070. The lowest BCUT2D eigenvalue weighted by molar-refractivity contribution is -0.143. The number of nitrogens with two attached hydrogens (primary N) is 1. The van der Waals surface area contributed by atoms with Crippen LogP contribution in [-0.4, -0.2) is 70.9 Å². The van der Waals surface area contributed by atoms with Crippen molar-refractivity contribution in [3.05, 3.63) is 0 Å². The summed E-state index contributed by atoms with van der Waals surface area (Å²) in [5.41, 5.74) is 5.13. The van der Waals surface area contributed by atoms with Gasteiger partial charge in [0.05, 0.1) is 12.1 Å². The zero-order valence-electron chi connectivity index (χ0n) is 24.9. The average Bonchev–Trinajstić information content (AvgIpc) is 3.79. The van der Waals surface area contributed by atoms with Gasteiger partial charge in [-0.05, 0) is 48.9 Å². The summed E-state index contributed by atoms with van der Waals surface area (Å²) in [6.45, 7) is 8.27. The van der Waals surface area contributed by atoms with E-state index in [9.17, 15) is 28.8 Å². The number of nitrogens with zero attached hydrogens (tertiary/aromatic N) is 1. The summed E-state index contributed by atoms with van der Waals surface area (Å²) >= 11 is 0. The molecule has 2 saturated heterocycles. The van der Waals surface area contributed by atoms with Crippen LogP contribution in [0.2, 0.25) is 0 Å². The van der Waals surface area contributed by atoms with Crippen LogP contribution < -0.4 is 21.7 Å². The Labute approximate surface area is 242 Å². The van der Waals surface area contributed by atoms with Gasteiger partial charge in [-0.3, -0.25) is 24.0 Å². The highest BCUT2D eigenvalue weighted by atomic mass is 16.2. The van der Waals surface area contributed by atoms with Gasteiger partial charge in [-0.25, -0.2) is 4.79 Å². The standard InChI is InChI=1S/C30H47N5O6/c1-16(2)22(24(36)17-13-14-17)34-29(41)33-20-12-10-8-6-5-7-9-11-19(25(37)26(31)38)32-27(39)23-21-18(30(21,3)4)15-35(23)28(20)40/h16-23H,5-15H2,1-4H3,(H2,31,38)(H,32,39)(H2,33,34,41)/t18-,19-,20-,21-,22-,23-/m0/s1. The number of amides is 5. The summed E-state index contributed by atoms with van der Waals surface area (Å²) in [5.74, 6) is -2.78. The smallest absolute Gasteiger partial charge is 0.316 e. The molecule has 0 bridgehead atoms. The van der Waals surface area contributed by atoms with E-state index in [1.165, 1.54) is 0 Å². The molecular weight excluding hydrogens is 526 g/mol. The Morgan fingerprint density at radius 3 is 2.15 bits per heavy atom. The molecule has 11 nitrogen and oxygen atoms in total. The Balaban J connectivity index is 1.54. The third-order valence-electron chi connectivity index (χ3n) is 9.71. The van der Waals surface area contributed by atoms with E-state index >= 15 is 0 Å². The van der Waals surface area contributed by atoms with E-state index < -0.39 is 47.8 Å². The zero-order chi connectivity index (χ0) is 30.1. The van der Waals surface area contributed by atoms with Crippen molar-refractivity contribution in [3.8, 4) is 0 Å². The molecule has 4 fully saturated rings. The van der Waals surface area contributed by atoms with Gasteiger partial charge in [-0.15, -0.1) is 0 Å². The number of fused-ring (bicyclic) bond motifs is 3. The highest BCUT2D eigenvalue weighted by Crippen LogP contribution is 2.65. The van der Waals surface area contributed by atoms with E-state index in [-0.39, 0.29) is 40.8 Å². The second-order valence-electron chi connectivity index (χ2n) is 13.4. The van der Waals surface area contributed by atoms with Crippen molar-refractivity contribution in [1.82, 2.24) is 20.9 Å². The number of hydrogen-bond donors (Lipinski definition) is 4. The van der Waals surface area contributed by atoms with Crippen LogP contribution in [0.5, 0.6) is 0 Å². The normalized spacial score (nSPS) is 31.0. The van der Waals surface area contributed by atoms with Gasteiger partial charge in [-0.2, -0.15) is 0 Å². The maximum absolute atomic E-state index is 14.0. The van der Waals surface area contributed by atoms with Crippen molar-refractivity contribution < 1.29 is 28.8 Å². The van der Waals surface area contributed by atoms with E-state index in [1.54, 1.807) is 4.90 Å². The molecule has 2 saturated carbocycles. The van der Waals surface area contributed by atoms with Gasteiger partial charge in [-0.1, -0.05) is 66.2 Å². The fraction of sp³-hybridized carbons (Fsp3) is 0.800. The van der Waals surface area contributed by atoms with Gasteiger partial charge < -0.3 is 26.6 Å². The first-order chi connectivity index (χ1) is 19.3. The molecule has 0 aromatic rings. The summed E-state index contributed by atoms with van der Waals surface area (Å²) in [5, 5.41) is 8.41. The molecule has 5 N–H and O–H groups in total. The Hall–Kier alpha value is -2.98. The van der Waals surface area contributed by atoms with E-state index in [2.05, 4.69) is 29.8 Å². The minimum Gasteiger partial charge on any atom is -0.363 e. The maximum Gasteiger partial charge on any atom is 0.316 e. The third-order valence-corrected chi connectivity index (χ3v) is 9.71. The maximum atomic E-state index is 14.0. The zero-order valence-corrected chi connectivity index (χ0v) is 24.9. The monoisotopic (exact) mass is 573 g/mol. The lowest BCUT2D eigenvalue weighted by Gasteiger charge is -2.34. The fourth-order valence-corrected chi connectivity index (χ4v) is 6.90. The summed E-state index contributed by atoms with van der Waals surface area (Å²) in [4.78, 5) is 79.5. The van der Waals surface area contributed by atoms with Crippen molar-refractivity contribution >= 4 is 35.3 Å². The molecule has 0 aromatic heterocycles. The van der Waals surface area contributed by atoms with Crippen molar-refractivity contribution in [2.24, 2.45) is 34.8 Å². The van der Waals surface area contributed by atoms with Crippen LogP contribution >= 0.6 is 0 Å². The number of urea groups is 1. The Morgan fingerprint density at radius 2 is 1.56 bits per heavy atom. The van der Waals surface area contributed by atoms with Crippen LogP contribution in [0.25, 0.3) is 0 Å². The van der Waals surface area contributed by atoms with Crippen LogP contribution in [0.3, 0.4) is 0 Å². The average molecular weight is 574 g/mol. The van der Waals surface area contributed by atoms with Gasteiger partial charge in [0, 0.05) is 12.5 Å². The van der Waals surface area contributed by atoms with Crippen LogP contribution in [0, 0.1) is 29.1 Å². The van der Waals surface area contributed by atoms with Gasteiger partial charge in [0.2, 0.25) is 17.6 Å². The molecule has 0 radical (unpaired) electrons. The molecule has 4 rings (SSSR count). The summed E-state index contributed by atoms with van der Waals surface area (Å²) in [7, 11) is 0. The molecule has 228 valence electrons. The number of carbonyl (C=O) groups is 6. The summed E-state index contributed by atoms with van der Waals surface area (Å²) in [6, 6.07) is -3.89. The molecule has 4 aliphatic rings. The highest BCUT2D eigenvalue weighted by molar-refractivity contribution is 6.37. The van der Waals surface area contributed by atoms with E-state index in [1.807, 2.05) is 13.8 Å². The number of primary amides is 1. The molecule has 5 amide bonds. The van der Waals surface area contributed by atoms with E-state index in [4.69, 9.17) is 5.73 Å². The van der Waals surface area contributed by atoms with E-state index in [0.717, 1.165) is 44.9 Å². The minimum absolute atomic E-state index is 0.00741. The molecule has 0 spiro atoms. The van der Waals surface area contributed by atoms with Gasteiger partial charge in [0.25, 0.3) is 5.91 Å². The SMILES string of the molecule is CC(C)[C@H](NC(=O)N[C@H]1CCCCCCCC[C@@H](C(=O)C(N)=O)NC(=O)[C@@H]2[C@@H]3[C@H](CN2C1=O)C3(C)C)C(=O)C1CC1. The van der Waals surface area contributed by atoms with Crippen molar-refractivity contribution in [1.29, 1.82) is 0 Å². The lowest BCUT2D eigenvalue weighted by atomic mass is 9.97. The molecule has 2 heterocycles. The molecule has 2 aliphatic heterocycles. The van der Waals surface area contributed by atoms with Crippen LogP contribution in [0.1, 0.15) is 91.9 Å². The fourth-order valence-electron chi connectivity index (χ4n) is 6.90. The van der Waals surface area contributed by atoms with Gasteiger partial charge in [0.15, 0.2) is 5.78 Å². The first kappa shape index (κ1) is 31.0. The number of nitrogens with one attached hydrogen (secondary N) is 3. The predicted molar refractivity (Wildman–Crippen MR) is 151 cm³/mol. The van der Waals surface area contributed by atoms with Crippen LogP contribution in [0.4, 0.5) is 4.79 Å². The van der Waals surface area contributed by atoms with Crippen molar-refractivity contribution in [2.45, 2.75) is 116 Å². The number of ketones is 2. The summed E-state index contributed by atoms with van der Waals surface area (Å²) in [6.07, 6.45) is 7.32. The number of rotatable bonds is 7. The Kier molecular flexibility index (Phi) is 9.43. The van der Waals surface area contributed by atoms with Crippen LogP contribution in [0.15, 0.2) is 0 Å². The van der Waals surface area contributed by atoms with Gasteiger partial charge >= 0.3 is 6.03 Å². The van der Waals surface area contributed by atoms with Crippen molar-refractivity contribution in [3.63, 3.8) is 0 Å². The predicted octanol–water partition coefficient (Wildman–Crippen LogP) is 1.81. The number of hydrogen-bond acceptors (Lipinski definition) is 6. The minimum atomic E-state index is -1.09. The number of carbonyl (C=O) groups excluding carboxylic acids is 6. The van der Waals surface area contributed by atoms with E-state index in [0.29, 0.717) is 25.8 Å². The highest BCUT2D eigenvalue weighted by Gasteiger charge is 2.69. The second kappa shape index (κ2) is 12.5. The first-order valence-corrected chi connectivity index (χ1v) is 15.4. The van der Waals surface area contributed by atoms with Crippen LogP contribution in [-0.2, 0) is 24.0 Å². The largest absolute Gasteiger partial charge is 0.363 e. The molecule has 2 aliphatic carbocycles. The molecule has 11 heteroatoms.